The van der Waals surface area contributed by atoms with Crippen LogP contribution in [0.3, 0.4) is 0 Å². The molecule has 78 valence electrons. The summed E-state index contributed by atoms with van der Waals surface area (Å²) in [6.07, 6.45) is -0.383. The minimum Gasteiger partial charge on any atom is -0.496 e. The lowest BCUT2D eigenvalue weighted by molar-refractivity contribution is 0.279. The number of ether oxygens (including phenoxy) is 1. The van der Waals surface area contributed by atoms with Gasteiger partial charge in [-0.25, -0.2) is 4.39 Å². The minimum absolute atomic E-state index is 0.356. The predicted octanol–water partition coefficient (Wildman–Crippen LogP) is 3.75. The number of halogens is 1. The van der Waals surface area contributed by atoms with Gasteiger partial charge >= 0.3 is 0 Å². The molecule has 1 unspecified atom stereocenters. The zero-order chi connectivity index (χ0) is 10.6. The van der Waals surface area contributed by atoms with E-state index in [2.05, 4.69) is 0 Å². The molecule has 1 aromatic rings. The summed E-state index contributed by atoms with van der Waals surface area (Å²) in [4.78, 5) is 0. The number of benzene rings is 1. The SMILES string of the molecule is COc1ccccc1C(F)CC(C)C. The maximum absolute atomic E-state index is 13.8. The van der Waals surface area contributed by atoms with Gasteiger partial charge in [-0.05, 0) is 18.4 Å². The van der Waals surface area contributed by atoms with Crippen LogP contribution in [0.4, 0.5) is 4.39 Å². The topological polar surface area (TPSA) is 9.23 Å². The average Bonchev–Trinajstić information content (AvgIpc) is 2.16. The fourth-order valence-electron chi connectivity index (χ4n) is 1.47. The van der Waals surface area contributed by atoms with Crippen molar-refractivity contribution in [3.63, 3.8) is 0 Å². The van der Waals surface area contributed by atoms with Crippen molar-refractivity contribution in [1.29, 1.82) is 0 Å². The lowest BCUT2D eigenvalue weighted by atomic mass is 10.00. The summed E-state index contributed by atoms with van der Waals surface area (Å²) in [6, 6.07) is 7.27. The summed E-state index contributed by atoms with van der Waals surface area (Å²) < 4.78 is 18.9. The number of rotatable bonds is 4. The Bertz CT molecular complexity index is 283. The van der Waals surface area contributed by atoms with Gasteiger partial charge in [0.2, 0.25) is 0 Å². The van der Waals surface area contributed by atoms with Crippen LogP contribution in [0.15, 0.2) is 24.3 Å². The molecule has 1 atom stereocenters. The van der Waals surface area contributed by atoms with Gasteiger partial charge in [-0.1, -0.05) is 32.0 Å². The van der Waals surface area contributed by atoms with Crippen LogP contribution in [0.5, 0.6) is 5.75 Å². The predicted molar refractivity (Wildman–Crippen MR) is 56.3 cm³/mol. The first-order chi connectivity index (χ1) is 6.65. The van der Waals surface area contributed by atoms with Crippen molar-refractivity contribution in [1.82, 2.24) is 0 Å². The van der Waals surface area contributed by atoms with E-state index >= 15 is 0 Å². The van der Waals surface area contributed by atoms with E-state index in [1.165, 1.54) is 0 Å². The molecular weight excluding hydrogens is 179 g/mol. The zero-order valence-electron chi connectivity index (χ0n) is 8.96. The second-order valence-electron chi connectivity index (χ2n) is 3.84. The second kappa shape index (κ2) is 4.99. The van der Waals surface area contributed by atoms with Gasteiger partial charge in [0.15, 0.2) is 0 Å². The number of alkyl halides is 1. The molecule has 0 saturated carbocycles. The summed E-state index contributed by atoms with van der Waals surface area (Å²) in [7, 11) is 1.57. The molecule has 0 fully saturated rings. The summed E-state index contributed by atoms with van der Waals surface area (Å²) in [5.74, 6) is 0.996. The maximum atomic E-state index is 13.8. The highest BCUT2D eigenvalue weighted by molar-refractivity contribution is 5.34. The lowest BCUT2D eigenvalue weighted by Gasteiger charge is -2.14. The van der Waals surface area contributed by atoms with Crippen LogP contribution in [0.1, 0.15) is 32.0 Å². The Morgan fingerprint density at radius 2 is 1.93 bits per heavy atom. The Kier molecular flexibility index (Phi) is 3.93. The first kappa shape index (κ1) is 11.0. The largest absolute Gasteiger partial charge is 0.496 e. The van der Waals surface area contributed by atoms with Gasteiger partial charge in [0.25, 0.3) is 0 Å². The Balaban J connectivity index is 2.82. The highest BCUT2D eigenvalue weighted by Crippen LogP contribution is 2.31. The standard InChI is InChI=1S/C12H17FO/c1-9(2)8-11(13)10-6-4-5-7-12(10)14-3/h4-7,9,11H,8H2,1-3H3. The van der Waals surface area contributed by atoms with Crippen LogP contribution >= 0.6 is 0 Å². The van der Waals surface area contributed by atoms with E-state index in [-0.39, 0.29) is 0 Å². The summed E-state index contributed by atoms with van der Waals surface area (Å²) in [5.41, 5.74) is 0.656. The van der Waals surface area contributed by atoms with Gasteiger partial charge < -0.3 is 4.74 Å². The monoisotopic (exact) mass is 196 g/mol. The molecule has 0 bridgehead atoms. The Morgan fingerprint density at radius 1 is 1.29 bits per heavy atom. The first-order valence-corrected chi connectivity index (χ1v) is 4.92. The molecule has 2 heteroatoms. The highest BCUT2D eigenvalue weighted by atomic mass is 19.1. The van der Waals surface area contributed by atoms with Gasteiger partial charge in [0, 0.05) is 5.56 Å². The molecule has 1 aromatic carbocycles. The molecule has 1 nitrogen and oxygen atoms in total. The van der Waals surface area contributed by atoms with E-state index in [1.807, 2.05) is 26.0 Å². The highest BCUT2D eigenvalue weighted by Gasteiger charge is 2.15. The van der Waals surface area contributed by atoms with Gasteiger partial charge in [0.05, 0.1) is 7.11 Å². The van der Waals surface area contributed by atoms with Crippen molar-refractivity contribution in [3.05, 3.63) is 29.8 Å². The van der Waals surface area contributed by atoms with Crippen molar-refractivity contribution >= 4 is 0 Å². The molecule has 1 rings (SSSR count). The summed E-state index contributed by atoms with van der Waals surface area (Å²) >= 11 is 0. The Labute approximate surface area is 84.9 Å². The molecular formula is C12H17FO. The minimum atomic E-state index is -0.925. The van der Waals surface area contributed by atoms with E-state index in [4.69, 9.17) is 4.74 Å². The van der Waals surface area contributed by atoms with E-state index in [1.54, 1.807) is 19.2 Å². The van der Waals surface area contributed by atoms with Crippen LogP contribution in [-0.4, -0.2) is 7.11 Å². The molecule has 0 aliphatic heterocycles. The number of para-hydroxylation sites is 1. The molecule has 0 N–H and O–H groups in total. The number of hydrogen-bond donors (Lipinski definition) is 0. The van der Waals surface area contributed by atoms with Crippen LogP contribution in [0, 0.1) is 5.92 Å². The van der Waals surface area contributed by atoms with Crippen molar-refractivity contribution in [2.45, 2.75) is 26.4 Å². The normalized spacial score (nSPS) is 12.9. The van der Waals surface area contributed by atoms with E-state index in [0.717, 1.165) is 0 Å². The lowest BCUT2D eigenvalue weighted by Crippen LogP contribution is -1.99. The molecule has 0 aromatic heterocycles. The van der Waals surface area contributed by atoms with Gasteiger partial charge in [-0.15, -0.1) is 0 Å². The second-order valence-corrected chi connectivity index (χ2v) is 3.84. The van der Waals surface area contributed by atoms with Gasteiger partial charge in [0.1, 0.15) is 11.9 Å². The maximum Gasteiger partial charge on any atom is 0.129 e. The smallest absolute Gasteiger partial charge is 0.129 e. The van der Waals surface area contributed by atoms with E-state index in [0.29, 0.717) is 23.7 Å². The molecule has 0 amide bonds. The van der Waals surface area contributed by atoms with Crippen LogP contribution in [-0.2, 0) is 0 Å². The molecule has 0 saturated heterocycles. The van der Waals surface area contributed by atoms with Gasteiger partial charge in [-0.2, -0.15) is 0 Å². The van der Waals surface area contributed by atoms with Crippen molar-refractivity contribution in [2.75, 3.05) is 7.11 Å². The quantitative estimate of drug-likeness (QED) is 0.712. The molecule has 0 heterocycles. The third-order valence-electron chi connectivity index (χ3n) is 2.15. The third-order valence-corrected chi connectivity index (χ3v) is 2.15. The molecule has 0 aliphatic carbocycles. The number of methoxy groups -OCH3 is 1. The summed E-state index contributed by atoms with van der Waals surface area (Å²) in [6.45, 7) is 4.03. The number of hydrogen-bond acceptors (Lipinski definition) is 1. The van der Waals surface area contributed by atoms with Crippen LogP contribution in [0.2, 0.25) is 0 Å². The third kappa shape index (κ3) is 2.72. The van der Waals surface area contributed by atoms with Crippen LogP contribution in [0.25, 0.3) is 0 Å². The van der Waals surface area contributed by atoms with Crippen molar-refractivity contribution < 1.29 is 9.13 Å². The van der Waals surface area contributed by atoms with Gasteiger partial charge in [-0.3, -0.25) is 0 Å². The van der Waals surface area contributed by atoms with E-state index in [9.17, 15) is 4.39 Å². The molecule has 14 heavy (non-hydrogen) atoms. The van der Waals surface area contributed by atoms with Crippen molar-refractivity contribution in [3.8, 4) is 5.75 Å². The molecule has 0 spiro atoms. The fourth-order valence-corrected chi connectivity index (χ4v) is 1.47. The Morgan fingerprint density at radius 3 is 2.50 bits per heavy atom. The summed E-state index contributed by atoms with van der Waals surface area (Å²) in [5, 5.41) is 0. The average molecular weight is 196 g/mol. The van der Waals surface area contributed by atoms with Crippen LogP contribution < -0.4 is 4.74 Å². The van der Waals surface area contributed by atoms with E-state index < -0.39 is 6.17 Å². The Hall–Kier alpha value is -1.05. The fraction of sp³-hybridized carbons (Fsp3) is 0.500. The molecule has 0 aliphatic rings. The zero-order valence-corrected chi connectivity index (χ0v) is 8.96. The molecule has 0 radical (unpaired) electrons. The first-order valence-electron chi connectivity index (χ1n) is 4.92. The van der Waals surface area contributed by atoms with Crippen molar-refractivity contribution in [2.24, 2.45) is 5.92 Å².